The van der Waals surface area contributed by atoms with Gasteiger partial charge in [-0.25, -0.2) is 15.0 Å². The molecule has 0 fully saturated rings. The molecule has 0 amide bonds. The van der Waals surface area contributed by atoms with Crippen molar-refractivity contribution in [1.82, 2.24) is 19.5 Å². The lowest BCUT2D eigenvalue weighted by Crippen LogP contribution is -2.01. The molecule has 0 aliphatic rings. The third kappa shape index (κ3) is 5.61. The second kappa shape index (κ2) is 13.7. The van der Waals surface area contributed by atoms with Gasteiger partial charge in [-0.05, 0) is 64.7 Å². The van der Waals surface area contributed by atoms with Gasteiger partial charge in [-0.3, -0.25) is 0 Å². The average Bonchev–Trinajstić information content (AvgIpc) is 3.86. The lowest BCUT2D eigenvalue weighted by atomic mass is 9.94. The summed E-state index contributed by atoms with van der Waals surface area (Å²) in [5.74, 6) is -4.97. The van der Waals surface area contributed by atoms with Gasteiger partial charge in [-0.2, -0.15) is 0 Å². The zero-order valence-corrected chi connectivity index (χ0v) is 32.0. The molecule has 10 nitrogen and oxygen atoms in total. The molecule has 8 aromatic carbocycles. The van der Waals surface area contributed by atoms with Gasteiger partial charge in [0, 0.05) is 32.8 Å². The van der Waals surface area contributed by atoms with Crippen LogP contribution in [0.1, 0.15) is 0 Å². The topological polar surface area (TPSA) is 158 Å². The number of phenols is 5. The number of para-hydroxylation sites is 2. The van der Waals surface area contributed by atoms with E-state index in [1.165, 1.54) is 0 Å². The predicted octanol–water partition coefficient (Wildman–Crippen LogP) is 11.7. The van der Waals surface area contributed by atoms with Gasteiger partial charge in [0.25, 0.3) is 0 Å². The molecular formula is C51H32N4O6. The summed E-state index contributed by atoms with van der Waals surface area (Å²) in [6, 6.07) is 54.7. The molecule has 5 N–H and O–H groups in total. The van der Waals surface area contributed by atoms with Gasteiger partial charge >= 0.3 is 0 Å². The minimum atomic E-state index is -1.09. The Morgan fingerprint density at radius 1 is 0.393 bits per heavy atom. The summed E-state index contributed by atoms with van der Waals surface area (Å²) in [5.41, 5.74) is 9.21. The van der Waals surface area contributed by atoms with Crippen LogP contribution in [0.3, 0.4) is 0 Å². The van der Waals surface area contributed by atoms with Crippen LogP contribution in [0.25, 0.3) is 106 Å². The summed E-state index contributed by atoms with van der Waals surface area (Å²) in [6.07, 6.45) is 0. The Morgan fingerprint density at radius 2 is 0.984 bits per heavy atom. The van der Waals surface area contributed by atoms with Gasteiger partial charge < -0.3 is 34.5 Å². The Labute approximate surface area is 346 Å². The number of hydrogen-bond acceptors (Lipinski definition) is 9. The van der Waals surface area contributed by atoms with Crippen LogP contribution in [-0.2, 0) is 0 Å². The number of benzene rings is 8. The molecule has 0 aliphatic heterocycles. The van der Waals surface area contributed by atoms with E-state index in [1.807, 2.05) is 48.5 Å². The fraction of sp³-hybridized carbons (Fsp3) is 0. The van der Waals surface area contributed by atoms with Crippen molar-refractivity contribution in [3.63, 3.8) is 0 Å². The number of fused-ring (bicyclic) bond motifs is 6. The fourth-order valence-electron chi connectivity index (χ4n) is 8.34. The van der Waals surface area contributed by atoms with Crippen molar-refractivity contribution in [3.8, 4) is 90.9 Å². The monoisotopic (exact) mass is 796 g/mol. The molecule has 11 aromatic rings. The lowest BCUT2D eigenvalue weighted by molar-refractivity contribution is 0.329. The highest BCUT2D eigenvalue weighted by Crippen LogP contribution is 2.54. The molecule has 0 radical (unpaired) electrons. The fourth-order valence-corrected chi connectivity index (χ4v) is 8.34. The Morgan fingerprint density at radius 3 is 1.70 bits per heavy atom. The Balaban J connectivity index is 1.14. The van der Waals surface area contributed by atoms with Crippen LogP contribution in [0.4, 0.5) is 0 Å². The molecular weight excluding hydrogens is 765 g/mol. The van der Waals surface area contributed by atoms with E-state index in [2.05, 4.69) is 112 Å². The normalized spacial score (nSPS) is 11.6. The standard InChI is InChI=1S/C51H32N4O6/c56-43-42(44(57)46(59)47(60)45(43)58)51-53-49(30-17-8-3-9-18-30)52-50(54-51)35-21-12-20-33-37-27-32(23-24-40(37)61-48(33)35)55-38-22-11-10-19-34(38)41-36(29-15-6-2-7-16-29)25-31(26-39(41)55)28-13-4-1-5-14-28/h1-27,56-60H. The zero-order chi connectivity index (χ0) is 41.4. The van der Waals surface area contributed by atoms with E-state index < -0.39 is 34.3 Å². The molecule has 0 spiro atoms. The van der Waals surface area contributed by atoms with E-state index in [1.54, 1.807) is 18.2 Å². The first-order valence-corrected chi connectivity index (χ1v) is 19.5. The summed E-state index contributed by atoms with van der Waals surface area (Å²) >= 11 is 0. The van der Waals surface area contributed by atoms with E-state index >= 15 is 0 Å². The minimum absolute atomic E-state index is 0.129. The molecule has 0 aliphatic carbocycles. The lowest BCUT2D eigenvalue weighted by Gasteiger charge is -2.13. The van der Waals surface area contributed by atoms with Crippen LogP contribution in [0.2, 0.25) is 0 Å². The van der Waals surface area contributed by atoms with Crippen molar-refractivity contribution < 1.29 is 29.9 Å². The Kier molecular flexibility index (Phi) is 8.01. The number of hydrogen-bond donors (Lipinski definition) is 5. The van der Waals surface area contributed by atoms with E-state index in [0.29, 0.717) is 22.3 Å². The first-order chi connectivity index (χ1) is 29.8. The summed E-state index contributed by atoms with van der Waals surface area (Å²) in [4.78, 5) is 14.0. The van der Waals surface area contributed by atoms with Crippen molar-refractivity contribution in [1.29, 1.82) is 0 Å². The molecule has 11 rings (SSSR count). The summed E-state index contributed by atoms with van der Waals surface area (Å²) < 4.78 is 8.91. The molecule has 0 unspecified atom stereocenters. The van der Waals surface area contributed by atoms with Gasteiger partial charge in [0.15, 0.2) is 29.0 Å². The highest BCUT2D eigenvalue weighted by atomic mass is 16.4. The maximum absolute atomic E-state index is 10.9. The van der Waals surface area contributed by atoms with Gasteiger partial charge in [0.1, 0.15) is 16.7 Å². The number of aromatic nitrogens is 4. The number of phenolic OH excluding ortho intramolecular Hbond substituents is 5. The highest BCUT2D eigenvalue weighted by molar-refractivity contribution is 6.17. The number of nitrogens with zero attached hydrogens (tertiary/aromatic N) is 4. The third-order valence-corrected chi connectivity index (χ3v) is 11.2. The molecule has 0 bridgehead atoms. The maximum Gasteiger partial charge on any atom is 0.208 e. The molecule has 61 heavy (non-hydrogen) atoms. The molecule has 292 valence electrons. The van der Waals surface area contributed by atoms with Crippen LogP contribution in [0.15, 0.2) is 168 Å². The number of aromatic hydroxyl groups is 5. The third-order valence-electron chi connectivity index (χ3n) is 11.2. The molecule has 0 atom stereocenters. The largest absolute Gasteiger partial charge is 0.504 e. The number of furan rings is 1. The molecule has 0 saturated carbocycles. The van der Waals surface area contributed by atoms with Crippen molar-refractivity contribution in [3.05, 3.63) is 164 Å². The zero-order valence-electron chi connectivity index (χ0n) is 32.0. The summed E-state index contributed by atoms with van der Waals surface area (Å²) in [6.45, 7) is 0. The smallest absolute Gasteiger partial charge is 0.208 e. The predicted molar refractivity (Wildman–Crippen MR) is 237 cm³/mol. The van der Waals surface area contributed by atoms with Crippen LogP contribution in [-0.4, -0.2) is 45.1 Å². The first kappa shape index (κ1) is 35.5. The summed E-state index contributed by atoms with van der Waals surface area (Å²) in [7, 11) is 0. The van der Waals surface area contributed by atoms with Crippen molar-refractivity contribution >= 4 is 43.7 Å². The van der Waals surface area contributed by atoms with Crippen LogP contribution >= 0.6 is 0 Å². The van der Waals surface area contributed by atoms with Gasteiger partial charge in [-0.1, -0.05) is 121 Å². The SMILES string of the molecule is Oc1c(O)c(O)c(-c2nc(-c3ccccc3)nc(-c3cccc4c3oc3ccc(-n5c6ccccc6c6c(-c7ccccc7)cc(-c7ccccc7)cc65)cc34)n2)c(O)c1O. The number of rotatable bonds is 6. The maximum atomic E-state index is 10.9. The Bertz CT molecular complexity index is 3500. The molecule has 3 heterocycles. The van der Waals surface area contributed by atoms with Crippen molar-refractivity contribution in [2.75, 3.05) is 0 Å². The quantitative estimate of drug-likeness (QED) is 0.0815. The van der Waals surface area contributed by atoms with Gasteiger partial charge in [0.05, 0.1) is 16.6 Å². The van der Waals surface area contributed by atoms with Crippen LogP contribution in [0, 0.1) is 0 Å². The molecule has 0 saturated heterocycles. The average molecular weight is 797 g/mol. The van der Waals surface area contributed by atoms with E-state index in [9.17, 15) is 25.5 Å². The summed E-state index contributed by atoms with van der Waals surface area (Å²) in [5, 5.41) is 56.7. The second-order valence-electron chi connectivity index (χ2n) is 14.8. The van der Waals surface area contributed by atoms with Crippen molar-refractivity contribution in [2.45, 2.75) is 0 Å². The molecule has 3 aromatic heterocycles. The molecule has 10 heteroatoms. The van der Waals surface area contributed by atoms with E-state index in [0.717, 1.165) is 60.5 Å². The van der Waals surface area contributed by atoms with Crippen molar-refractivity contribution in [2.24, 2.45) is 0 Å². The van der Waals surface area contributed by atoms with Gasteiger partial charge in [-0.15, -0.1) is 0 Å². The highest BCUT2D eigenvalue weighted by Gasteiger charge is 2.28. The first-order valence-electron chi connectivity index (χ1n) is 19.5. The van der Waals surface area contributed by atoms with Crippen LogP contribution < -0.4 is 0 Å². The minimum Gasteiger partial charge on any atom is -0.504 e. The van der Waals surface area contributed by atoms with Crippen LogP contribution in [0.5, 0.6) is 28.7 Å². The second-order valence-corrected chi connectivity index (χ2v) is 14.8. The Hall–Kier alpha value is -8.63. The van der Waals surface area contributed by atoms with E-state index in [-0.39, 0.29) is 17.5 Å². The van der Waals surface area contributed by atoms with E-state index in [4.69, 9.17) is 9.40 Å². The van der Waals surface area contributed by atoms with Gasteiger partial charge in [0.2, 0.25) is 17.2 Å².